The van der Waals surface area contributed by atoms with Crippen molar-refractivity contribution in [3.63, 3.8) is 0 Å². The molecule has 1 atom stereocenters. The number of nitrogen functional groups attached to an aromatic ring is 1. The minimum atomic E-state index is 0.374. The SMILES string of the molecule is COCc1nc(NN)cc(NCC2CC2(C)C)n1. The van der Waals surface area contributed by atoms with Gasteiger partial charge < -0.3 is 15.5 Å². The fourth-order valence-corrected chi connectivity index (χ4v) is 2.01. The summed E-state index contributed by atoms with van der Waals surface area (Å²) in [5, 5.41) is 3.33. The van der Waals surface area contributed by atoms with Crippen molar-refractivity contribution in [1.29, 1.82) is 0 Å². The minimum Gasteiger partial charge on any atom is -0.377 e. The highest BCUT2D eigenvalue weighted by Gasteiger charge is 2.44. The van der Waals surface area contributed by atoms with Crippen molar-refractivity contribution in [2.45, 2.75) is 26.9 Å². The van der Waals surface area contributed by atoms with E-state index in [1.165, 1.54) is 6.42 Å². The summed E-state index contributed by atoms with van der Waals surface area (Å²) in [6, 6.07) is 1.80. The number of aromatic nitrogens is 2. The maximum absolute atomic E-state index is 5.39. The van der Waals surface area contributed by atoms with E-state index in [0.717, 1.165) is 12.4 Å². The van der Waals surface area contributed by atoms with Gasteiger partial charge in [0.05, 0.1) is 0 Å². The lowest BCUT2D eigenvalue weighted by atomic mass is 10.1. The number of nitrogens with one attached hydrogen (secondary N) is 2. The number of anilines is 2. The monoisotopic (exact) mass is 251 g/mol. The van der Waals surface area contributed by atoms with Gasteiger partial charge in [-0.25, -0.2) is 15.8 Å². The van der Waals surface area contributed by atoms with Gasteiger partial charge in [0.15, 0.2) is 5.82 Å². The first-order chi connectivity index (χ1) is 8.55. The molecule has 18 heavy (non-hydrogen) atoms. The van der Waals surface area contributed by atoms with Gasteiger partial charge in [-0.2, -0.15) is 0 Å². The van der Waals surface area contributed by atoms with E-state index in [9.17, 15) is 0 Å². The molecule has 1 aromatic heterocycles. The van der Waals surface area contributed by atoms with Crippen LogP contribution in [0, 0.1) is 11.3 Å². The Morgan fingerprint density at radius 1 is 1.44 bits per heavy atom. The first-order valence-corrected chi connectivity index (χ1v) is 6.12. The lowest BCUT2D eigenvalue weighted by Gasteiger charge is -2.10. The van der Waals surface area contributed by atoms with Gasteiger partial charge in [-0.15, -0.1) is 0 Å². The third-order valence-corrected chi connectivity index (χ3v) is 3.44. The normalized spacial score (nSPS) is 20.6. The number of hydrogen-bond acceptors (Lipinski definition) is 6. The van der Waals surface area contributed by atoms with Gasteiger partial charge >= 0.3 is 0 Å². The highest BCUT2D eigenvalue weighted by molar-refractivity contribution is 5.47. The molecule has 2 rings (SSSR count). The summed E-state index contributed by atoms with van der Waals surface area (Å²) < 4.78 is 5.03. The van der Waals surface area contributed by atoms with Crippen LogP contribution < -0.4 is 16.6 Å². The van der Waals surface area contributed by atoms with Gasteiger partial charge in [0.2, 0.25) is 0 Å². The van der Waals surface area contributed by atoms with Crippen molar-refractivity contribution in [1.82, 2.24) is 9.97 Å². The highest BCUT2D eigenvalue weighted by Crippen LogP contribution is 2.51. The molecule has 4 N–H and O–H groups in total. The fourth-order valence-electron chi connectivity index (χ4n) is 2.01. The molecule has 0 aliphatic heterocycles. The van der Waals surface area contributed by atoms with E-state index in [1.807, 2.05) is 0 Å². The Hall–Kier alpha value is -1.40. The molecular weight excluding hydrogens is 230 g/mol. The fraction of sp³-hybridized carbons (Fsp3) is 0.667. The average molecular weight is 251 g/mol. The van der Waals surface area contributed by atoms with E-state index in [4.69, 9.17) is 10.6 Å². The van der Waals surface area contributed by atoms with Crippen LogP contribution in [0.1, 0.15) is 26.1 Å². The molecule has 1 aliphatic carbocycles. The molecule has 1 aliphatic rings. The van der Waals surface area contributed by atoms with E-state index in [0.29, 0.717) is 29.6 Å². The van der Waals surface area contributed by atoms with Crippen molar-refractivity contribution < 1.29 is 4.74 Å². The van der Waals surface area contributed by atoms with Crippen LogP contribution in [0.3, 0.4) is 0 Å². The lowest BCUT2D eigenvalue weighted by molar-refractivity contribution is 0.178. The summed E-state index contributed by atoms with van der Waals surface area (Å²) >= 11 is 0. The Kier molecular flexibility index (Phi) is 3.68. The van der Waals surface area contributed by atoms with E-state index in [1.54, 1.807) is 13.2 Å². The van der Waals surface area contributed by atoms with Gasteiger partial charge in [0.1, 0.15) is 18.2 Å². The van der Waals surface area contributed by atoms with Gasteiger partial charge in [-0.05, 0) is 17.8 Å². The van der Waals surface area contributed by atoms with Crippen molar-refractivity contribution in [2.24, 2.45) is 17.2 Å². The number of ether oxygens (including phenoxy) is 1. The van der Waals surface area contributed by atoms with Crippen molar-refractivity contribution in [3.8, 4) is 0 Å². The zero-order valence-corrected chi connectivity index (χ0v) is 11.2. The maximum atomic E-state index is 5.39. The summed E-state index contributed by atoms with van der Waals surface area (Å²) in [4.78, 5) is 8.58. The highest BCUT2D eigenvalue weighted by atomic mass is 16.5. The van der Waals surface area contributed by atoms with E-state index in [-0.39, 0.29) is 0 Å². The lowest BCUT2D eigenvalue weighted by Crippen LogP contribution is -2.14. The molecule has 6 heteroatoms. The number of rotatable bonds is 6. The van der Waals surface area contributed by atoms with Crippen LogP contribution in [0.5, 0.6) is 0 Å². The number of hydrogen-bond donors (Lipinski definition) is 3. The number of nitrogens with zero attached hydrogens (tertiary/aromatic N) is 2. The molecule has 0 amide bonds. The van der Waals surface area contributed by atoms with Crippen LogP contribution in [-0.2, 0) is 11.3 Å². The molecule has 0 aromatic carbocycles. The molecule has 0 bridgehead atoms. The van der Waals surface area contributed by atoms with Crippen molar-refractivity contribution in [3.05, 3.63) is 11.9 Å². The third kappa shape index (κ3) is 3.08. The zero-order valence-electron chi connectivity index (χ0n) is 11.2. The predicted octanol–water partition coefficient (Wildman–Crippen LogP) is 1.37. The first kappa shape index (κ1) is 13.0. The number of hydrazine groups is 1. The van der Waals surface area contributed by atoms with Crippen molar-refractivity contribution >= 4 is 11.6 Å². The number of nitrogens with two attached hydrogens (primary N) is 1. The first-order valence-electron chi connectivity index (χ1n) is 6.12. The molecule has 1 aromatic rings. The second kappa shape index (κ2) is 5.07. The van der Waals surface area contributed by atoms with Crippen LogP contribution in [0.25, 0.3) is 0 Å². The topological polar surface area (TPSA) is 85.1 Å². The Bertz CT molecular complexity index is 421. The Morgan fingerprint density at radius 3 is 2.67 bits per heavy atom. The van der Waals surface area contributed by atoms with Crippen LogP contribution in [0.2, 0.25) is 0 Å². The number of methoxy groups -OCH3 is 1. The Morgan fingerprint density at radius 2 is 2.11 bits per heavy atom. The van der Waals surface area contributed by atoms with Gasteiger partial charge in [0.25, 0.3) is 0 Å². The van der Waals surface area contributed by atoms with Crippen LogP contribution in [0.4, 0.5) is 11.6 Å². The average Bonchev–Trinajstić information content (AvgIpc) is 2.95. The smallest absolute Gasteiger partial charge is 0.158 e. The zero-order chi connectivity index (χ0) is 13.2. The quantitative estimate of drug-likeness (QED) is 0.523. The summed E-state index contributed by atoms with van der Waals surface area (Å²) in [6.07, 6.45) is 1.26. The summed E-state index contributed by atoms with van der Waals surface area (Å²) in [6.45, 7) is 5.87. The molecule has 0 saturated heterocycles. The molecule has 1 fully saturated rings. The maximum Gasteiger partial charge on any atom is 0.158 e. The second-order valence-electron chi connectivity index (χ2n) is 5.40. The standard InChI is InChI=1S/C12H21N5O/c1-12(2)5-8(12)6-14-9-4-10(17-13)16-11(15-9)7-18-3/h4,8H,5-7,13H2,1-3H3,(H2,14,15,16,17). The van der Waals surface area contributed by atoms with Crippen molar-refractivity contribution in [2.75, 3.05) is 24.4 Å². The van der Waals surface area contributed by atoms with E-state index >= 15 is 0 Å². The Balaban J connectivity index is 2.00. The third-order valence-electron chi connectivity index (χ3n) is 3.44. The molecule has 1 unspecified atom stereocenters. The second-order valence-corrected chi connectivity index (χ2v) is 5.40. The molecular formula is C12H21N5O. The van der Waals surface area contributed by atoms with Crippen LogP contribution >= 0.6 is 0 Å². The molecule has 1 saturated carbocycles. The Labute approximate surface area is 107 Å². The summed E-state index contributed by atoms with van der Waals surface area (Å²) in [5.74, 6) is 8.10. The molecule has 1 heterocycles. The summed E-state index contributed by atoms with van der Waals surface area (Å²) in [7, 11) is 1.62. The largest absolute Gasteiger partial charge is 0.377 e. The predicted molar refractivity (Wildman–Crippen MR) is 70.9 cm³/mol. The van der Waals surface area contributed by atoms with Gasteiger partial charge in [-0.3, -0.25) is 0 Å². The van der Waals surface area contributed by atoms with Gasteiger partial charge in [-0.1, -0.05) is 13.8 Å². The van der Waals surface area contributed by atoms with E-state index in [2.05, 4.69) is 34.6 Å². The van der Waals surface area contributed by atoms with Crippen LogP contribution in [0.15, 0.2) is 6.07 Å². The minimum absolute atomic E-state index is 0.374. The van der Waals surface area contributed by atoms with Crippen LogP contribution in [-0.4, -0.2) is 23.6 Å². The molecule has 0 radical (unpaired) electrons. The summed E-state index contributed by atoms with van der Waals surface area (Å²) in [5.41, 5.74) is 3.00. The molecule has 6 nitrogen and oxygen atoms in total. The van der Waals surface area contributed by atoms with Gasteiger partial charge in [0, 0.05) is 19.7 Å². The van der Waals surface area contributed by atoms with E-state index < -0.39 is 0 Å². The molecule has 0 spiro atoms. The molecule has 100 valence electrons.